The van der Waals surface area contributed by atoms with Crippen molar-refractivity contribution in [1.82, 2.24) is 4.90 Å². The second kappa shape index (κ2) is 7.73. The number of ketones is 1. The van der Waals surface area contributed by atoms with Crippen molar-refractivity contribution in [3.63, 3.8) is 0 Å². The number of benzene rings is 2. The van der Waals surface area contributed by atoms with E-state index in [4.69, 9.17) is 9.47 Å². The van der Waals surface area contributed by atoms with E-state index in [0.29, 0.717) is 23.1 Å². The smallest absolute Gasteiger partial charge is 0.167 e. The summed E-state index contributed by atoms with van der Waals surface area (Å²) in [6, 6.07) is 14.8. The van der Waals surface area contributed by atoms with Gasteiger partial charge in [0.25, 0.3) is 0 Å². The minimum atomic E-state index is 0.0561. The van der Waals surface area contributed by atoms with Gasteiger partial charge in [0.2, 0.25) is 0 Å². The van der Waals surface area contributed by atoms with Gasteiger partial charge in [-0.3, -0.25) is 9.69 Å². The highest BCUT2D eigenvalue weighted by Gasteiger charge is 2.33. The minimum absolute atomic E-state index is 0.0561. The summed E-state index contributed by atoms with van der Waals surface area (Å²) in [5, 5.41) is 0. The summed E-state index contributed by atoms with van der Waals surface area (Å²) in [6.07, 6.45) is 4.25. The van der Waals surface area contributed by atoms with Crippen LogP contribution >= 0.6 is 0 Å². The molecule has 1 aliphatic carbocycles. The highest BCUT2D eigenvalue weighted by atomic mass is 16.5. The summed E-state index contributed by atoms with van der Waals surface area (Å²) in [7, 11) is 3.21. The highest BCUT2D eigenvalue weighted by Crippen LogP contribution is 2.32. The molecule has 2 aromatic carbocycles. The number of likely N-dealkylation sites (tertiary alicyclic amines) is 1. The third kappa shape index (κ3) is 3.59. The van der Waals surface area contributed by atoms with E-state index in [1.54, 1.807) is 14.2 Å². The molecule has 4 rings (SSSR count). The summed E-state index contributed by atoms with van der Waals surface area (Å²) < 4.78 is 10.7. The van der Waals surface area contributed by atoms with Crippen molar-refractivity contribution in [2.75, 3.05) is 27.3 Å². The van der Waals surface area contributed by atoms with E-state index in [1.807, 2.05) is 18.2 Å². The molecule has 1 heterocycles. The van der Waals surface area contributed by atoms with E-state index in [-0.39, 0.29) is 11.7 Å². The Hall–Kier alpha value is -2.33. The first kappa shape index (κ1) is 18.1. The van der Waals surface area contributed by atoms with Gasteiger partial charge in [0.1, 0.15) is 0 Å². The Kier molecular flexibility index (Phi) is 5.17. The Morgan fingerprint density at radius 3 is 2.37 bits per heavy atom. The van der Waals surface area contributed by atoms with Gasteiger partial charge >= 0.3 is 0 Å². The molecular formula is C23H27NO3. The van der Waals surface area contributed by atoms with Gasteiger partial charge in [-0.2, -0.15) is 0 Å². The first-order valence-corrected chi connectivity index (χ1v) is 9.76. The number of nitrogens with zero attached hydrogens (tertiary/aromatic N) is 1. The Morgan fingerprint density at radius 1 is 1.00 bits per heavy atom. The van der Waals surface area contributed by atoms with Crippen LogP contribution in [-0.2, 0) is 12.8 Å². The van der Waals surface area contributed by atoms with Crippen LogP contribution in [0, 0.1) is 5.92 Å². The zero-order valence-corrected chi connectivity index (χ0v) is 16.1. The zero-order valence-electron chi connectivity index (χ0n) is 16.1. The van der Waals surface area contributed by atoms with E-state index in [0.717, 1.165) is 38.8 Å². The van der Waals surface area contributed by atoms with Crippen molar-refractivity contribution >= 4 is 5.78 Å². The molecule has 0 amide bonds. The number of hydrogen-bond donors (Lipinski definition) is 0. The normalized spacial score (nSPS) is 20.3. The number of carbonyl (C=O) groups is 1. The van der Waals surface area contributed by atoms with Gasteiger partial charge in [0.05, 0.1) is 14.2 Å². The number of hydrogen-bond acceptors (Lipinski definition) is 4. The predicted molar refractivity (Wildman–Crippen MR) is 106 cm³/mol. The molecular weight excluding hydrogens is 338 g/mol. The van der Waals surface area contributed by atoms with Gasteiger partial charge in [-0.25, -0.2) is 0 Å². The molecule has 2 aliphatic rings. The molecule has 2 aromatic rings. The fourth-order valence-electron chi connectivity index (χ4n) is 4.57. The molecule has 27 heavy (non-hydrogen) atoms. The second-order valence-electron chi connectivity index (χ2n) is 7.60. The molecule has 0 aromatic heterocycles. The lowest BCUT2D eigenvalue weighted by atomic mass is 9.89. The molecule has 1 atom stereocenters. The maximum absolute atomic E-state index is 13.1. The second-order valence-corrected chi connectivity index (χ2v) is 7.60. The summed E-state index contributed by atoms with van der Waals surface area (Å²) in [5.74, 6) is 1.54. The van der Waals surface area contributed by atoms with E-state index in [1.165, 1.54) is 11.1 Å². The Labute approximate surface area is 161 Å². The first-order chi connectivity index (χ1) is 13.2. The van der Waals surface area contributed by atoms with Gasteiger partial charge in [-0.05, 0) is 61.6 Å². The average Bonchev–Trinajstić information content (AvgIpc) is 3.17. The number of piperidine rings is 1. The van der Waals surface area contributed by atoms with Gasteiger partial charge in [0, 0.05) is 24.1 Å². The van der Waals surface area contributed by atoms with Crippen molar-refractivity contribution in [3.8, 4) is 11.5 Å². The quantitative estimate of drug-likeness (QED) is 0.756. The van der Waals surface area contributed by atoms with Crippen LogP contribution in [0.3, 0.4) is 0 Å². The molecule has 1 saturated heterocycles. The predicted octanol–water partition coefficient (Wildman–Crippen LogP) is 3.77. The van der Waals surface area contributed by atoms with Crippen LogP contribution in [0.25, 0.3) is 0 Å². The Bertz CT molecular complexity index is 807. The number of carbonyl (C=O) groups excluding carboxylic acids is 1. The van der Waals surface area contributed by atoms with Crippen LogP contribution in [0.4, 0.5) is 0 Å². The van der Waals surface area contributed by atoms with Crippen LogP contribution in [0.2, 0.25) is 0 Å². The lowest BCUT2D eigenvalue weighted by Gasteiger charge is -2.36. The van der Waals surface area contributed by atoms with E-state index in [9.17, 15) is 4.79 Å². The number of methoxy groups -OCH3 is 2. The number of ether oxygens (including phenoxy) is 2. The highest BCUT2D eigenvalue weighted by molar-refractivity contribution is 5.98. The lowest BCUT2D eigenvalue weighted by molar-refractivity contribution is 0.0760. The topological polar surface area (TPSA) is 38.8 Å². The van der Waals surface area contributed by atoms with Crippen LogP contribution in [0.5, 0.6) is 11.5 Å². The third-order valence-corrected chi connectivity index (χ3v) is 6.04. The van der Waals surface area contributed by atoms with Gasteiger partial charge < -0.3 is 9.47 Å². The molecule has 4 nitrogen and oxygen atoms in total. The fraction of sp³-hybridized carbons (Fsp3) is 0.435. The largest absolute Gasteiger partial charge is 0.493 e. The van der Waals surface area contributed by atoms with Gasteiger partial charge in [-0.1, -0.05) is 24.3 Å². The SMILES string of the molecule is COc1ccc(C(=O)[C@H]2CCCN(C3Cc4ccccc4C3)C2)cc1OC. The molecule has 0 saturated carbocycles. The zero-order chi connectivity index (χ0) is 18.8. The van der Waals surface area contributed by atoms with Gasteiger partial charge in [-0.15, -0.1) is 0 Å². The first-order valence-electron chi connectivity index (χ1n) is 9.76. The Morgan fingerprint density at radius 2 is 1.70 bits per heavy atom. The molecule has 1 aliphatic heterocycles. The summed E-state index contributed by atoms with van der Waals surface area (Å²) in [4.78, 5) is 15.7. The standard InChI is InChI=1S/C23H27NO3/c1-26-21-10-9-18(14-22(21)27-2)23(25)19-8-5-11-24(15-19)20-12-16-6-3-4-7-17(16)13-20/h3-4,6-7,9-10,14,19-20H,5,8,11-13,15H2,1-2H3/t19-/m0/s1. The monoisotopic (exact) mass is 365 g/mol. The van der Waals surface area contributed by atoms with Crippen LogP contribution in [0.15, 0.2) is 42.5 Å². The summed E-state index contributed by atoms with van der Waals surface area (Å²) in [5.41, 5.74) is 3.65. The molecule has 1 fully saturated rings. The van der Waals surface area contributed by atoms with Gasteiger partial charge in [0.15, 0.2) is 17.3 Å². The third-order valence-electron chi connectivity index (χ3n) is 6.04. The maximum atomic E-state index is 13.1. The lowest BCUT2D eigenvalue weighted by Crippen LogP contribution is -2.45. The van der Waals surface area contributed by atoms with Crippen LogP contribution < -0.4 is 9.47 Å². The maximum Gasteiger partial charge on any atom is 0.167 e. The van der Waals surface area contributed by atoms with Crippen LogP contribution in [0.1, 0.15) is 34.3 Å². The van der Waals surface area contributed by atoms with Crippen LogP contribution in [-0.4, -0.2) is 44.0 Å². The molecule has 142 valence electrons. The number of rotatable bonds is 5. The van der Waals surface area contributed by atoms with Crippen molar-refractivity contribution in [2.45, 2.75) is 31.7 Å². The minimum Gasteiger partial charge on any atom is -0.493 e. The molecule has 0 bridgehead atoms. The molecule has 0 unspecified atom stereocenters. The number of fused-ring (bicyclic) bond motifs is 1. The van der Waals surface area contributed by atoms with E-state index in [2.05, 4.69) is 29.2 Å². The average molecular weight is 365 g/mol. The van der Waals surface area contributed by atoms with E-state index < -0.39 is 0 Å². The Balaban J connectivity index is 1.46. The summed E-state index contributed by atoms with van der Waals surface area (Å²) >= 11 is 0. The summed E-state index contributed by atoms with van der Waals surface area (Å²) in [6.45, 7) is 1.94. The molecule has 0 radical (unpaired) electrons. The van der Waals surface area contributed by atoms with E-state index >= 15 is 0 Å². The molecule has 0 spiro atoms. The molecule has 4 heteroatoms. The van der Waals surface area contributed by atoms with Crippen molar-refractivity contribution in [2.24, 2.45) is 5.92 Å². The molecule has 0 N–H and O–H groups in total. The van der Waals surface area contributed by atoms with Crippen molar-refractivity contribution in [1.29, 1.82) is 0 Å². The number of Topliss-reactive ketones (excluding diaryl/α,β-unsaturated/α-hetero) is 1. The van der Waals surface area contributed by atoms with Crippen molar-refractivity contribution in [3.05, 3.63) is 59.2 Å². The fourth-order valence-corrected chi connectivity index (χ4v) is 4.57. The van der Waals surface area contributed by atoms with Crippen molar-refractivity contribution < 1.29 is 14.3 Å².